The fourth-order valence-corrected chi connectivity index (χ4v) is 4.52. The van der Waals surface area contributed by atoms with Crippen molar-refractivity contribution in [2.45, 2.75) is 37.5 Å². The first-order valence-corrected chi connectivity index (χ1v) is 7.42. The third-order valence-electron chi connectivity index (χ3n) is 2.12. The van der Waals surface area contributed by atoms with Gasteiger partial charge in [0.1, 0.15) is 0 Å². The molecule has 1 heterocycles. The SMILES string of the molecule is Cc1nc(C)c(S(=O)(=O)N(C)CC(C)(C)O)s1. The topological polar surface area (TPSA) is 70.5 Å². The largest absolute Gasteiger partial charge is 0.389 e. The van der Waals surface area contributed by atoms with E-state index < -0.39 is 15.6 Å². The number of nitrogens with zero attached hydrogens (tertiary/aromatic N) is 2. The van der Waals surface area contributed by atoms with Crippen molar-refractivity contribution in [1.82, 2.24) is 9.29 Å². The monoisotopic (exact) mass is 278 g/mol. The summed E-state index contributed by atoms with van der Waals surface area (Å²) in [5.41, 5.74) is -0.551. The summed E-state index contributed by atoms with van der Waals surface area (Å²) in [6.45, 7) is 6.64. The van der Waals surface area contributed by atoms with Crippen LogP contribution in [0.1, 0.15) is 24.5 Å². The quantitative estimate of drug-likeness (QED) is 0.897. The van der Waals surface area contributed by atoms with Gasteiger partial charge < -0.3 is 5.11 Å². The molecule has 17 heavy (non-hydrogen) atoms. The van der Waals surface area contributed by atoms with E-state index in [4.69, 9.17) is 0 Å². The van der Waals surface area contributed by atoms with Gasteiger partial charge in [-0.1, -0.05) is 0 Å². The first kappa shape index (κ1) is 14.6. The van der Waals surface area contributed by atoms with Crippen LogP contribution in [0.2, 0.25) is 0 Å². The zero-order valence-corrected chi connectivity index (χ0v) is 12.3. The van der Waals surface area contributed by atoms with Crippen molar-refractivity contribution in [3.8, 4) is 0 Å². The third kappa shape index (κ3) is 3.48. The lowest BCUT2D eigenvalue weighted by Crippen LogP contribution is -2.39. The molecule has 7 heteroatoms. The summed E-state index contributed by atoms with van der Waals surface area (Å²) >= 11 is 1.15. The van der Waals surface area contributed by atoms with E-state index in [9.17, 15) is 13.5 Å². The fourth-order valence-electron chi connectivity index (χ4n) is 1.52. The van der Waals surface area contributed by atoms with Crippen LogP contribution >= 0.6 is 11.3 Å². The molecule has 0 fully saturated rings. The molecule has 0 spiro atoms. The lowest BCUT2D eigenvalue weighted by molar-refractivity contribution is 0.0640. The molecule has 0 saturated carbocycles. The second kappa shape index (κ2) is 4.64. The molecule has 1 aromatic heterocycles. The molecule has 0 aromatic carbocycles. The minimum atomic E-state index is -3.55. The Bertz CT molecular complexity index is 500. The van der Waals surface area contributed by atoms with Crippen molar-refractivity contribution >= 4 is 21.4 Å². The molecule has 5 nitrogen and oxygen atoms in total. The lowest BCUT2D eigenvalue weighted by atomic mass is 10.1. The number of aryl methyl sites for hydroxylation is 2. The number of rotatable bonds is 4. The molecule has 0 bridgehead atoms. The van der Waals surface area contributed by atoms with Crippen LogP contribution in [0.4, 0.5) is 0 Å². The summed E-state index contributed by atoms with van der Waals surface area (Å²) in [5, 5.41) is 10.4. The highest BCUT2D eigenvalue weighted by atomic mass is 32.2. The summed E-state index contributed by atoms with van der Waals surface area (Å²) in [6.07, 6.45) is 0. The van der Waals surface area contributed by atoms with Gasteiger partial charge in [0.2, 0.25) is 0 Å². The average molecular weight is 278 g/mol. The van der Waals surface area contributed by atoms with Crippen LogP contribution < -0.4 is 0 Å². The Labute approximate surface area is 106 Å². The van der Waals surface area contributed by atoms with Crippen LogP contribution in [0.3, 0.4) is 0 Å². The number of aromatic nitrogens is 1. The Morgan fingerprint density at radius 2 is 1.94 bits per heavy atom. The van der Waals surface area contributed by atoms with Crippen molar-refractivity contribution in [2.75, 3.05) is 13.6 Å². The molecule has 0 radical (unpaired) electrons. The van der Waals surface area contributed by atoms with Gasteiger partial charge in [-0.3, -0.25) is 0 Å². The molecule has 0 aliphatic heterocycles. The Hall–Kier alpha value is -0.500. The first-order valence-electron chi connectivity index (χ1n) is 5.17. The van der Waals surface area contributed by atoms with E-state index in [1.54, 1.807) is 27.7 Å². The number of hydrogen-bond acceptors (Lipinski definition) is 5. The maximum Gasteiger partial charge on any atom is 0.254 e. The number of likely N-dealkylation sites (N-methyl/N-ethyl adjacent to an activating group) is 1. The second-order valence-corrected chi connectivity index (χ2v) is 8.12. The number of sulfonamides is 1. The maximum absolute atomic E-state index is 12.2. The van der Waals surface area contributed by atoms with E-state index in [-0.39, 0.29) is 10.8 Å². The molecule has 0 unspecified atom stereocenters. The van der Waals surface area contributed by atoms with Crippen molar-refractivity contribution in [3.63, 3.8) is 0 Å². The smallest absolute Gasteiger partial charge is 0.254 e. The standard InChI is InChI=1S/C10H18N2O3S2/c1-7-9(16-8(2)11-7)17(14,15)12(5)6-10(3,4)13/h13H,6H2,1-5H3. The van der Waals surface area contributed by atoms with Gasteiger partial charge in [-0.25, -0.2) is 13.4 Å². The molecule has 0 aliphatic rings. The van der Waals surface area contributed by atoms with E-state index in [1.165, 1.54) is 7.05 Å². The van der Waals surface area contributed by atoms with Crippen LogP contribution in [-0.2, 0) is 10.0 Å². The highest BCUT2D eigenvalue weighted by Gasteiger charge is 2.29. The zero-order chi connectivity index (χ0) is 13.4. The van der Waals surface area contributed by atoms with Gasteiger partial charge in [0.15, 0.2) is 4.21 Å². The Kier molecular flexibility index (Phi) is 3.97. The van der Waals surface area contributed by atoms with E-state index in [0.29, 0.717) is 5.69 Å². The van der Waals surface area contributed by atoms with Crippen LogP contribution in [0.25, 0.3) is 0 Å². The van der Waals surface area contributed by atoms with E-state index >= 15 is 0 Å². The molecule has 0 saturated heterocycles. The molecule has 0 atom stereocenters. The van der Waals surface area contributed by atoms with Crippen molar-refractivity contribution < 1.29 is 13.5 Å². The molecular formula is C10H18N2O3S2. The highest BCUT2D eigenvalue weighted by molar-refractivity contribution is 7.91. The molecule has 1 N–H and O–H groups in total. The molecule has 98 valence electrons. The van der Waals surface area contributed by atoms with Crippen LogP contribution in [0.5, 0.6) is 0 Å². The Morgan fingerprint density at radius 1 is 1.41 bits per heavy atom. The van der Waals surface area contributed by atoms with Gasteiger partial charge >= 0.3 is 0 Å². The van der Waals surface area contributed by atoms with Gasteiger partial charge in [0, 0.05) is 13.6 Å². The predicted octanol–water partition coefficient (Wildman–Crippen LogP) is 1.15. The van der Waals surface area contributed by atoms with Gasteiger partial charge in [-0.2, -0.15) is 4.31 Å². The Balaban J connectivity index is 3.08. The summed E-state index contributed by atoms with van der Waals surface area (Å²) in [6, 6.07) is 0. The highest BCUT2D eigenvalue weighted by Crippen LogP contribution is 2.26. The van der Waals surface area contributed by atoms with Gasteiger partial charge in [0.25, 0.3) is 10.0 Å². The summed E-state index contributed by atoms with van der Waals surface area (Å²) < 4.78 is 25.9. The third-order valence-corrected chi connectivity index (χ3v) is 5.58. The predicted molar refractivity (Wildman–Crippen MR) is 67.7 cm³/mol. The van der Waals surface area contributed by atoms with Gasteiger partial charge in [-0.05, 0) is 27.7 Å². The second-order valence-electron chi connectivity index (χ2n) is 4.68. The fraction of sp³-hybridized carbons (Fsp3) is 0.700. The maximum atomic E-state index is 12.2. The molecule has 1 aromatic rings. The molecule has 0 amide bonds. The van der Waals surface area contributed by atoms with Gasteiger partial charge in [0.05, 0.1) is 16.3 Å². The zero-order valence-electron chi connectivity index (χ0n) is 10.7. The number of hydrogen-bond donors (Lipinski definition) is 1. The minimum Gasteiger partial charge on any atom is -0.389 e. The summed E-state index contributed by atoms with van der Waals surface area (Å²) in [7, 11) is -2.09. The normalized spacial score (nSPS) is 13.4. The van der Waals surface area contributed by atoms with Gasteiger partial charge in [-0.15, -0.1) is 11.3 Å². The van der Waals surface area contributed by atoms with Crippen molar-refractivity contribution in [1.29, 1.82) is 0 Å². The number of thiazole rings is 1. The van der Waals surface area contributed by atoms with Crippen LogP contribution in [-0.4, -0.2) is 42.0 Å². The summed E-state index contributed by atoms with van der Waals surface area (Å²) in [4.78, 5) is 4.11. The number of aliphatic hydroxyl groups is 1. The molecule has 1 rings (SSSR count). The van der Waals surface area contributed by atoms with E-state index in [2.05, 4.69) is 4.98 Å². The van der Waals surface area contributed by atoms with Crippen molar-refractivity contribution in [3.05, 3.63) is 10.7 Å². The average Bonchev–Trinajstić information content (AvgIpc) is 2.42. The van der Waals surface area contributed by atoms with Crippen LogP contribution in [0, 0.1) is 13.8 Å². The Morgan fingerprint density at radius 3 is 2.29 bits per heavy atom. The summed E-state index contributed by atoms with van der Waals surface area (Å²) in [5.74, 6) is 0. The lowest BCUT2D eigenvalue weighted by Gasteiger charge is -2.24. The van der Waals surface area contributed by atoms with Crippen LogP contribution in [0.15, 0.2) is 4.21 Å². The molecule has 0 aliphatic carbocycles. The van der Waals surface area contributed by atoms with Crippen molar-refractivity contribution in [2.24, 2.45) is 0 Å². The molecular weight excluding hydrogens is 260 g/mol. The first-order chi connectivity index (χ1) is 7.54. The van der Waals surface area contributed by atoms with E-state index in [1.807, 2.05) is 0 Å². The minimum absolute atomic E-state index is 0.0473. The van der Waals surface area contributed by atoms with E-state index in [0.717, 1.165) is 20.6 Å².